The molecule has 1 amide bonds. The topological polar surface area (TPSA) is 59.8 Å². The lowest BCUT2D eigenvalue weighted by molar-refractivity contribution is -0.142. The smallest absolute Gasteiger partial charge is 0.293 e. The van der Waals surface area contributed by atoms with Crippen LogP contribution in [0.2, 0.25) is 0 Å². The number of nitrogens with one attached hydrogen (secondary N) is 1. The number of halogens is 3. The monoisotopic (exact) mass is 236 g/mol. The summed E-state index contributed by atoms with van der Waals surface area (Å²) in [6.45, 7) is 2.08. The minimum atomic E-state index is -4.35. The number of anilines is 1. The molecule has 0 saturated carbocycles. The van der Waals surface area contributed by atoms with E-state index in [2.05, 4.69) is 15.4 Å². The quantitative estimate of drug-likeness (QED) is 0.863. The SMILES string of the molecule is CC(C)C(=O)Nc1ncn(CC(F)(F)F)n1. The number of carbonyl (C=O) groups excluding carboxylic acids is 1. The molecule has 0 spiro atoms. The van der Waals surface area contributed by atoms with E-state index in [1.807, 2.05) is 0 Å². The van der Waals surface area contributed by atoms with Crippen molar-refractivity contribution in [3.8, 4) is 0 Å². The summed E-state index contributed by atoms with van der Waals surface area (Å²) in [5, 5.41) is 5.77. The molecule has 0 aromatic carbocycles. The van der Waals surface area contributed by atoms with E-state index < -0.39 is 12.7 Å². The molecule has 0 unspecified atom stereocenters. The van der Waals surface area contributed by atoms with Gasteiger partial charge in [-0.05, 0) is 0 Å². The van der Waals surface area contributed by atoms with E-state index in [1.54, 1.807) is 13.8 Å². The van der Waals surface area contributed by atoms with Gasteiger partial charge < -0.3 is 0 Å². The van der Waals surface area contributed by atoms with Crippen molar-refractivity contribution in [3.63, 3.8) is 0 Å². The molecule has 5 nitrogen and oxygen atoms in total. The van der Waals surface area contributed by atoms with Gasteiger partial charge in [-0.1, -0.05) is 13.8 Å². The van der Waals surface area contributed by atoms with Gasteiger partial charge in [-0.2, -0.15) is 13.2 Å². The predicted octanol–water partition coefficient (Wildman–Crippen LogP) is 1.43. The third-order valence-electron chi connectivity index (χ3n) is 1.64. The molecule has 0 bridgehead atoms. The Kier molecular flexibility index (Phi) is 3.51. The number of hydrogen-bond acceptors (Lipinski definition) is 3. The van der Waals surface area contributed by atoms with Crippen molar-refractivity contribution in [1.29, 1.82) is 0 Å². The maximum atomic E-state index is 12.0. The lowest BCUT2D eigenvalue weighted by Crippen LogP contribution is -2.20. The van der Waals surface area contributed by atoms with Gasteiger partial charge in [0.05, 0.1) is 0 Å². The zero-order valence-corrected chi connectivity index (χ0v) is 8.75. The van der Waals surface area contributed by atoms with E-state index >= 15 is 0 Å². The number of amides is 1. The summed E-state index contributed by atoms with van der Waals surface area (Å²) >= 11 is 0. The molecule has 1 heterocycles. The maximum absolute atomic E-state index is 12.0. The first-order chi connectivity index (χ1) is 7.28. The highest BCUT2D eigenvalue weighted by atomic mass is 19.4. The second-order valence-corrected chi connectivity index (χ2v) is 3.52. The highest BCUT2D eigenvalue weighted by Crippen LogP contribution is 2.16. The molecule has 0 saturated heterocycles. The Balaban J connectivity index is 2.62. The van der Waals surface area contributed by atoms with Gasteiger partial charge in [0.15, 0.2) is 0 Å². The first kappa shape index (κ1) is 12.5. The Morgan fingerprint density at radius 3 is 2.69 bits per heavy atom. The molecule has 0 aliphatic heterocycles. The molecule has 8 heteroatoms. The molecule has 0 aliphatic carbocycles. The van der Waals surface area contributed by atoms with E-state index in [4.69, 9.17) is 0 Å². The average molecular weight is 236 g/mol. The molecule has 0 aliphatic rings. The van der Waals surface area contributed by atoms with Crippen LogP contribution in [-0.4, -0.2) is 26.8 Å². The summed E-state index contributed by atoms with van der Waals surface area (Å²) in [5.41, 5.74) is 0. The molecular formula is C8H11F3N4O. The van der Waals surface area contributed by atoms with E-state index in [0.717, 1.165) is 6.33 Å². The van der Waals surface area contributed by atoms with Gasteiger partial charge in [0.1, 0.15) is 12.9 Å². The Morgan fingerprint density at radius 1 is 1.56 bits per heavy atom. The van der Waals surface area contributed by atoms with Crippen LogP contribution in [0, 0.1) is 5.92 Å². The second kappa shape index (κ2) is 4.50. The molecule has 1 aromatic heterocycles. The standard InChI is InChI=1S/C8H11F3N4O/c1-5(2)6(16)13-7-12-4-15(14-7)3-8(9,10)11/h4-5H,3H2,1-2H3,(H,13,14,16). The Hall–Kier alpha value is -1.60. The maximum Gasteiger partial charge on any atom is 0.408 e. The van der Waals surface area contributed by atoms with Gasteiger partial charge in [-0.3, -0.25) is 10.1 Å². The van der Waals surface area contributed by atoms with Crippen molar-refractivity contribution in [2.45, 2.75) is 26.6 Å². The van der Waals surface area contributed by atoms with Crippen LogP contribution in [0.5, 0.6) is 0 Å². The molecule has 90 valence electrons. The summed E-state index contributed by atoms with van der Waals surface area (Å²) in [4.78, 5) is 14.7. The third kappa shape index (κ3) is 3.87. The van der Waals surface area contributed by atoms with Gasteiger partial charge in [-0.15, -0.1) is 5.10 Å². The van der Waals surface area contributed by atoms with Gasteiger partial charge in [0, 0.05) is 5.92 Å². The number of hydrogen-bond donors (Lipinski definition) is 1. The summed E-state index contributed by atoms with van der Waals surface area (Å²) in [7, 11) is 0. The van der Waals surface area contributed by atoms with Crippen LogP contribution in [-0.2, 0) is 11.3 Å². The number of aromatic nitrogens is 3. The summed E-state index contributed by atoms with van der Waals surface area (Å²) in [5.74, 6) is -0.748. The Labute approximate surface area is 89.7 Å². The largest absolute Gasteiger partial charge is 0.408 e. The van der Waals surface area contributed by atoms with Crippen molar-refractivity contribution < 1.29 is 18.0 Å². The lowest BCUT2D eigenvalue weighted by Gasteiger charge is -2.05. The molecule has 0 fully saturated rings. The van der Waals surface area contributed by atoms with Crippen LogP contribution in [0.4, 0.5) is 19.1 Å². The minimum Gasteiger partial charge on any atom is -0.293 e. The second-order valence-electron chi connectivity index (χ2n) is 3.52. The molecule has 1 aromatic rings. The zero-order valence-electron chi connectivity index (χ0n) is 8.75. The van der Waals surface area contributed by atoms with Crippen molar-refractivity contribution in [2.75, 3.05) is 5.32 Å². The fraction of sp³-hybridized carbons (Fsp3) is 0.625. The average Bonchev–Trinajstić information content (AvgIpc) is 2.49. The Bertz CT molecular complexity index is 372. The minimum absolute atomic E-state index is 0.122. The van der Waals surface area contributed by atoms with Crippen LogP contribution in [0.15, 0.2) is 6.33 Å². The van der Waals surface area contributed by atoms with Gasteiger partial charge in [-0.25, -0.2) is 9.67 Å². The van der Waals surface area contributed by atoms with Crippen molar-refractivity contribution in [1.82, 2.24) is 14.8 Å². The lowest BCUT2D eigenvalue weighted by atomic mass is 10.2. The van der Waals surface area contributed by atoms with Gasteiger partial charge in [0.25, 0.3) is 0 Å². The van der Waals surface area contributed by atoms with E-state index in [1.165, 1.54) is 0 Å². The van der Waals surface area contributed by atoms with E-state index in [-0.39, 0.29) is 17.8 Å². The highest BCUT2D eigenvalue weighted by molar-refractivity contribution is 5.90. The summed E-state index contributed by atoms with van der Waals surface area (Å²) in [6.07, 6.45) is -3.43. The van der Waals surface area contributed by atoms with Crippen molar-refractivity contribution in [2.24, 2.45) is 5.92 Å². The molecule has 1 rings (SSSR count). The third-order valence-corrected chi connectivity index (χ3v) is 1.64. The number of nitrogens with zero attached hydrogens (tertiary/aromatic N) is 3. The van der Waals surface area contributed by atoms with Crippen LogP contribution < -0.4 is 5.32 Å². The highest BCUT2D eigenvalue weighted by Gasteiger charge is 2.28. The molecule has 0 atom stereocenters. The normalized spacial score (nSPS) is 11.9. The first-order valence-electron chi connectivity index (χ1n) is 4.55. The zero-order chi connectivity index (χ0) is 12.3. The van der Waals surface area contributed by atoms with Gasteiger partial charge >= 0.3 is 6.18 Å². The Morgan fingerprint density at radius 2 is 2.19 bits per heavy atom. The fourth-order valence-electron chi connectivity index (χ4n) is 0.866. The fourth-order valence-corrected chi connectivity index (χ4v) is 0.866. The van der Waals surface area contributed by atoms with Crippen molar-refractivity contribution >= 4 is 11.9 Å². The van der Waals surface area contributed by atoms with Crippen LogP contribution in [0.25, 0.3) is 0 Å². The molecule has 0 radical (unpaired) electrons. The molecular weight excluding hydrogens is 225 g/mol. The van der Waals surface area contributed by atoms with E-state index in [0.29, 0.717) is 4.68 Å². The van der Waals surface area contributed by atoms with E-state index in [9.17, 15) is 18.0 Å². The number of alkyl halides is 3. The predicted molar refractivity (Wildman–Crippen MR) is 49.5 cm³/mol. The summed E-state index contributed by atoms with van der Waals surface area (Å²) in [6, 6.07) is 0. The molecule has 16 heavy (non-hydrogen) atoms. The molecule has 1 N–H and O–H groups in total. The number of rotatable bonds is 3. The van der Waals surface area contributed by atoms with Crippen LogP contribution >= 0.6 is 0 Å². The summed E-state index contributed by atoms with van der Waals surface area (Å²) < 4.78 is 36.5. The first-order valence-corrected chi connectivity index (χ1v) is 4.55. The number of carbonyl (C=O) groups is 1. The van der Waals surface area contributed by atoms with Crippen LogP contribution in [0.1, 0.15) is 13.8 Å². The van der Waals surface area contributed by atoms with Gasteiger partial charge in [0.2, 0.25) is 11.9 Å². The van der Waals surface area contributed by atoms with Crippen LogP contribution in [0.3, 0.4) is 0 Å². The van der Waals surface area contributed by atoms with Crippen molar-refractivity contribution in [3.05, 3.63) is 6.33 Å².